The average Bonchev–Trinajstić information content (AvgIpc) is 2.73. The highest BCUT2D eigenvalue weighted by Gasteiger charge is 2.59. The van der Waals surface area contributed by atoms with Crippen molar-refractivity contribution in [2.45, 2.75) is 18.9 Å². The van der Waals surface area contributed by atoms with Crippen LogP contribution in [0.25, 0.3) is 0 Å². The lowest BCUT2D eigenvalue weighted by Gasteiger charge is -2.37. The number of hydrogen-bond acceptors (Lipinski definition) is 4. The van der Waals surface area contributed by atoms with Gasteiger partial charge in [-0.25, -0.2) is 0 Å². The van der Waals surface area contributed by atoms with Crippen molar-refractivity contribution in [2.75, 3.05) is 7.11 Å². The molecule has 0 aromatic heterocycles. The Labute approximate surface area is 87.9 Å². The zero-order chi connectivity index (χ0) is 10.6. The molecule has 1 aliphatic heterocycles. The van der Waals surface area contributed by atoms with Crippen molar-refractivity contribution in [3.63, 3.8) is 0 Å². The van der Waals surface area contributed by atoms with Crippen LogP contribution in [-0.4, -0.2) is 25.2 Å². The van der Waals surface area contributed by atoms with Crippen LogP contribution in [0, 0.1) is 30.1 Å². The Morgan fingerprint density at radius 1 is 1.53 bits per heavy atom. The summed E-state index contributed by atoms with van der Waals surface area (Å²) in [6.45, 7) is 0. The number of ether oxygens (including phenoxy) is 2. The normalized spacial score (nSPS) is 46.5. The average molecular weight is 209 g/mol. The molecule has 0 amide bonds. The second kappa shape index (κ2) is 2.97. The second-order valence-corrected chi connectivity index (χ2v) is 4.63. The Kier molecular flexibility index (Phi) is 1.82. The lowest BCUT2D eigenvalue weighted by atomic mass is 9.75. The first-order chi connectivity index (χ1) is 7.20. The molecule has 0 N–H and O–H groups in total. The van der Waals surface area contributed by atoms with Gasteiger partial charge in [-0.1, -0.05) is 0 Å². The third-order valence-electron chi connectivity index (χ3n) is 4.02. The van der Waals surface area contributed by atoms with Crippen molar-refractivity contribution in [1.82, 2.24) is 0 Å². The van der Waals surface area contributed by atoms with Crippen LogP contribution in [0.1, 0.15) is 12.8 Å². The molecule has 2 saturated carbocycles. The van der Waals surface area contributed by atoms with Crippen LogP contribution in [-0.2, 0) is 19.1 Å². The summed E-state index contributed by atoms with van der Waals surface area (Å²) < 4.78 is 10.0. The molecule has 4 heteroatoms. The van der Waals surface area contributed by atoms with Gasteiger partial charge in [-0.3, -0.25) is 9.59 Å². The van der Waals surface area contributed by atoms with Crippen molar-refractivity contribution < 1.29 is 19.1 Å². The number of rotatable bonds is 1. The van der Waals surface area contributed by atoms with Gasteiger partial charge in [0, 0.05) is 18.8 Å². The lowest BCUT2D eigenvalue weighted by molar-refractivity contribution is -0.165. The minimum absolute atomic E-state index is 0.0397. The molecule has 1 saturated heterocycles. The summed E-state index contributed by atoms with van der Waals surface area (Å²) in [5, 5.41) is 0. The summed E-state index contributed by atoms with van der Waals surface area (Å²) in [6, 6.07) is 0. The van der Waals surface area contributed by atoms with Crippen molar-refractivity contribution in [2.24, 2.45) is 23.7 Å². The maximum absolute atomic E-state index is 11.6. The summed E-state index contributed by atoms with van der Waals surface area (Å²) in [6.07, 6.45) is 3.33. The predicted octanol–water partition coefficient (Wildman–Crippen LogP) is 0.561. The van der Waals surface area contributed by atoms with E-state index in [-0.39, 0.29) is 35.8 Å². The van der Waals surface area contributed by atoms with Crippen molar-refractivity contribution in [3.05, 3.63) is 6.42 Å². The number of hydrogen-bond donors (Lipinski definition) is 0. The monoisotopic (exact) mass is 209 g/mol. The quantitative estimate of drug-likeness (QED) is 0.592. The van der Waals surface area contributed by atoms with Gasteiger partial charge in [-0.05, 0) is 18.3 Å². The highest BCUT2D eigenvalue weighted by atomic mass is 16.5. The molecule has 2 aliphatic carbocycles. The van der Waals surface area contributed by atoms with E-state index in [4.69, 9.17) is 9.47 Å². The fraction of sp³-hybridized carbons (Fsp3) is 0.727. The van der Waals surface area contributed by atoms with Gasteiger partial charge in [0.15, 0.2) is 0 Å². The van der Waals surface area contributed by atoms with Gasteiger partial charge in [0.25, 0.3) is 0 Å². The maximum Gasteiger partial charge on any atom is 0.309 e. The summed E-state index contributed by atoms with van der Waals surface area (Å²) in [5.74, 6) is 0.314. The molecule has 1 heterocycles. The van der Waals surface area contributed by atoms with Crippen LogP contribution in [0.3, 0.4) is 0 Å². The van der Waals surface area contributed by atoms with E-state index < -0.39 is 0 Å². The number of carbonyl (C=O) groups excluding carboxylic acids is 2. The minimum Gasteiger partial charge on any atom is -0.469 e. The molecule has 15 heavy (non-hydrogen) atoms. The molecule has 3 aliphatic rings. The van der Waals surface area contributed by atoms with E-state index in [9.17, 15) is 9.59 Å². The largest absolute Gasteiger partial charge is 0.469 e. The molecule has 2 bridgehead atoms. The Balaban J connectivity index is 1.88. The fourth-order valence-electron chi connectivity index (χ4n) is 3.46. The van der Waals surface area contributed by atoms with Crippen LogP contribution in [0.2, 0.25) is 0 Å². The van der Waals surface area contributed by atoms with Crippen LogP contribution in [0.4, 0.5) is 0 Å². The summed E-state index contributed by atoms with van der Waals surface area (Å²) >= 11 is 0. The first-order valence-corrected chi connectivity index (χ1v) is 5.33. The maximum atomic E-state index is 11.6. The Morgan fingerprint density at radius 2 is 2.33 bits per heavy atom. The molecule has 0 aromatic carbocycles. The fourth-order valence-corrected chi connectivity index (χ4v) is 3.46. The molecule has 5 unspecified atom stereocenters. The highest BCUT2D eigenvalue weighted by molar-refractivity contribution is 5.78. The number of fused-ring (bicyclic) bond motifs is 1. The van der Waals surface area contributed by atoms with E-state index in [0.717, 1.165) is 6.42 Å². The van der Waals surface area contributed by atoms with Crippen molar-refractivity contribution in [3.8, 4) is 0 Å². The van der Waals surface area contributed by atoms with E-state index in [2.05, 4.69) is 0 Å². The molecule has 81 valence electrons. The first-order valence-electron chi connectivity index (χ1n) is 5.33. The summed E-state index contributed by atoms with van der Waals surface area (Å²) in [7, 11) is 1.41. The summed E-state index contributed by atoms with van der Waals surface area (Å²) in [5.41, 5.74) is 0. The van der Waals surface area contributed by atoms with E-state index in [1.54, 1.807) is 0 Å². The van der Waals surface area contributed by atoms with Gasteiger partial charge in [0.1, 0.15) is 6.10 Å². The molecule has 3 rings (SSSR count). The standard InChI is InChI=1S/C11H13O4/c1-14-11(13)10-5-2-6-7(10)4-9(12)15-8(6)3-5/h3,5-8,10H,2,4H2,1H3. The third kappa shape index (κ3) is 1.13. The molecule has 4 nitrogen and oxygen atoms in total. The molecular formula is C11H13O4. The van der Waals surface area contributed by atoms with Gasteiger partial charge in [0.05, 0.1) is 13.0 Å². The van der Waals surface area contributed by atoms with E-state index >= 15 is 0 Å². The van der Waals surface area contributed by atoms with Gasteiger partial charge in [0.2, 0.25) is 0 Å². The first kappa shape index (κ1) is 9.19. The molecular weight excluding hydrogens is 196 g/mol. The Morgan fingerprint density at radius 3 is 3.07 bits per heavy atom. The zero-order valence-electron chi connectivity index (χ0n) is 8.51. The molecule has 1 radical (unpaired) electrons. The highest BCUT2D eigenvalue weighted by Crippen LogP contribution is 2.56. The Bertz CT molecular complexity index is 325. The van der Waals surface area contributed by atoms with Crippen molar-refractivity contribution in [1.29, 1.82) is 0 Å². The predicted molar refractivity (Wildman–Crippen MR) is 49.4 cm³/mol. The lowest BCUT2D eigenvalue weighted by Crippen LogP contribution is -2.44. The molecule has 3 fully saturated rings. The third-order valence-corrected chi connectivity index (χ3v) is 4.02. The topological polar surface area (TPSA) is 52.6 Å². The van der Waals surface area contributed by atoms with Crippen LogP contribution in [0.5, 0.6) is 0 Å². The molecule has 0 aromatic rings. The summed E-state index contributed by atoms with van der Waals surface area (Å²) in [4.78, 5) is 22.9. The number of methoxy groups -OCH3 is 1. The SMILES string of the molecule is COC(=O)C1C2[CH]C3OC(=O)CC1C3C2. The Hall–Kier alpha value is -1.06. The van der Waals surface area contributed by atoms with Gasteiger partial charge < -0.3 is 9.47 Å². The van der Waals surface area contributed by atoms with Crippen LogP contribution in [0.15, 0.2) is 0 Å². The minimum atomic E-state index is -0.174. The van der Waals surface area contributed by atoms with Gasteiger partial charge >= 0.3 is 11.9 Å². The molecule has 0 spiro atoms. The second-order valence-electron chi connectivity index (χ2n) is 4.63. The smallest absolute Gasteiger partial charge is 0.309 e. The zero-order valence-corrected chi connectivity index (χ0v) is 8.51. The van der Waals surface area contributed by atoms with E-state index in [1.165, 1.54) is 7.11 Å². The van der Waals surface area contributed by atoms with Gasteiger partial charge in [-0.15, -0.1) is 0 Å². The van der Waals surface area contributed by atoms with E-state index in [1.807, 2.05) is 6.42 Å². The number of carbonyl (C=O) groups is 2. The number of esters is 2. The van der Waals surface area contributed by atoms with Gasteiger partial charge in [-0.2, -0.15) is 0 Å². The molecule has 5 atom stereocenters. The van der Waals surface area contributed by atoms with E-state index in [0.29, 0.717) is 12.3 Å². The van der Waals surface area contributed by atoms with Crippen molar-refractivity contribution >= 4 is 11.9 Å². The van der Waals surface area contributed by atoms with Crippen LogP contribution < -0.4 is 0 Å². The van der Waals surface area contributed by atoms with Crippen LogP contribution >= 0.6 is 0 Å².